The van der Waals surface area contributed by atoms with Crippen LogP contribution in [0.25, 0.3) is 5.70 Å². The zero-order valence-electron chi connectivity index (χ0n) is 10.3. The molecule has 1 radical (unpaired) electrons. The average Bonchev–Trinajstić information content (AvgIpc) is 2.28. The van der Waals surface area contributed by atoms with Crippen molar-refractivity contribution in [3.63, 3.8) is 0 Å². The van der Waals surface area contributed by atoms with Crippen LogP contribution in [0.3, 0.4) is 0 Å². The summed E-state index contributed by atoms with van der Waals surface area (Å²) >= 11 is 3.39. The molecule has 0 fully saturated rings. The van der Waals surface area contributed by atoms with Crippen LogP contribution in [0, 0.1) is 12.0 Å². The second-order valence-corrected chi connectivity index (χ2v) is 5.05. The first-order valence-corrected chi connectivity index (χ1v) is 6.17. The van der Waals surface area contributed by atoms with E-state index in [2.05, 4.69) is 22.0 Å². The molecular formula is C13H13BrNO2Y-. The van der Waals surface area contributed by atoms with Crippen LogP contribution in [-0.2, 0) is 37.5 Å². The minimum absolute atomic E-state index is 0. The minimum atomic E-state index is -0.0142. The maximum atomic E-state index is 11.9. The minimum Gasteiger partial charge on any atom is -0.508 e. The first-order chi connectivity index (χ1) is 8.00. The Morgan fingerprint density at radius 2 is 2.17 bits per heavy atom. The van der Waals surface area contributed by atoms with E-state index in [4.69, 9.17) is 0 Å². The fourth-order valence-electron chi connectivity index (χ4n) is 1.87. The third-order valence-corrected chi connectivity index (χ3v) is 3.53. The number of carbonyl (C=O) groups is 1. The Morgan fingerprint density at radius 1 is 1.50 bits per heavy atom. The second-order valence-electron chi connectivity index (χ2n) is 4.19. The summed E-state index contributed by atoms with van der Waals surface area (Å²) in [6.45, 7) is 1.90. The van der Waals surface area contributed by atoms with Crippen molar-refractivity contribution in [3.8, 4) is 5.75 Å². The van der Waals surface area contributed by atoms with E-state index in [0.29, 0.717) is 6.42 Å². The number of allylic oxidation sites excluding steroid dienone is 1. The third-order valence-electron chi connectivity index (χ3n) is 2.87. The van der Waals surface area contributed by atoms with Gasteiger partial charge in [-0.15, -0.1) is 17.3 Å². The molecule has 1 amide bonds. The number of amides is 1. The van der Waals surface area contributed by atoms with Gasteiger partial charge in [0.05, 0.1) is 0 Å². The molecule has 0 spiro atoms. The summed E-state index contributed by atoms with van der Waals surface area (Å²) in [4.78, 5) is 13.5. The predicted molar refractivity (Wildman–Crippen MR) is 69.0 cm³/mol. The Hall–Kier alpha value is -0.186. The van der Waals surface area contributed by atoms with Crippen LogP contribution in [0.5, 0.6) is 5.75 Å². The predicted octanol–water partition coefficient (Wildman–Crippen LogP) is 2.79. The quantitative estimate of drug-likeness (QED) is 0.757. The molecule has 1 aliphatic heterocycles. The smallest absolute Gasteiger partial charge is 0.225 e. The Balaban J connectivity index is 0.00000162. The second kappa shape index (κ2) is 6.31. The van der Waals surface area contributed by atoms with Crippen LogP contribution in [0.15, 0.2) is 22.7 Å². The molecule has 1 unspecified atom stereocenters. The maximum absolute atomic E-state index is 11.9. The summed E-state index contributed by atoms with van der Waals surface area (Å²) in [7, 11) is 1.75. The van der Waals surface area contributed by atoms with Gasteiger partial charge in [0.2, 0.25) is 5.91 Å². The molecular weight excluding hydrogens is 371 g/mol. The number of hydrogen-bond acceptors (Lipinski definition) is 2. The SMILES string of the molecule is CC1C[C-]=C(c2ccc(O)cc2Br)N(C)C1=O.[Y]. The number of aromatic hydroxyl groups is 1. The number of halogens is 1. The third kappa shape index (κ3) is 3.04. The standard InChI is InChI=1S/C13H13BrNO2.Y/c1-8-3-6-12(15(2)13(8)17)10-5-4-9(16)7-11(10)14;/h4-5,7-8,16H,3H2,1-2H3;/q-1;. The monoisotopic (exact) mass is 383 g/mol. The fourth-order valence-corrected chi connectivity index (χ4v) is 2.42. The van der Waals surface area contributed by atoms with E-state index >= 15 is 0 Å². The number of carbonyl (C=O) groups excluding carboxylic acids is 1. The summed E-state index contributed by atoms with van der Waals surface area (Å²) in [5, 5.41) is 9.36. The van der Waals surface area contributed by atoms with Crippen molar-refractivity contribution in [1.29, 1.82) is 0 Å². The Morgan fingerprint density at radius 3 is 2.78 bits per heavy atom. The van der Waals surface area contributed by atoms with Crippen molar-refractivity contribution in [2.75, 3.05) is 7.05 Å². The summed E-state index contributed by atoms with van der Waals surface area (Å²) in [5.74, 6) is 0.276. The van der Waals surface area contributed by atoms with Crippen molar-refractivity contribution in [3.05, 3.63) is 34.3 Å². The van der Waals surface area contributed by atoms with E-state index in [1.54, 1.807) is 30.1 Å². The van der Waals surface area contributed by atoms with Crippen LogP contribution >= 0.6 is 15.9 Å². The molecule has 3 nitrogen and oxygen atoms in total. The van der Waals surface area contributed by atoms with Crippen molar-refractivity contribution in [1.82, 2.24) is 4.90 Å². The first kappa shape index (κ1) is 15.9. The average molecular weight is 384 g/mol. The van der Waals surface area contributed by atoms with Crippen LogP contribution < -0.4 is 0 Å². The van der Waals surface area contributed by atoms with Gasteiger partial charge in [-0.05, 0) is 12.1 Å². The molecule has 93 valence electrons. The van der Waals surface area contributed by atoms with E-state index in [1.165, 1.54) is 0 Å². The van der Waals surface area contributed by atoms with Gasteiger partial charge in [-0.3, -0.25) is 4.79 Å². The molecule has 0 bridgehead atoms. The van der Waals surface area contributed by atoms with Gasteiger partial charge in [-0.2, -0.15) is 0 Å². The molecule has 1 atom stereocenters. The van der Waals surface area contributed by atoms with Crippen molar-refractivity contribution < 1.29 is 42.6 Å². The molecule has 18 heavy (non-hydrogen) atoms. The van der Waals surface area contributed by atoms with E-state index in [-0.39, 0.29) is 50.3 Å². The van der Waals surface area contributed by atoms with Gasteiger partial charge in [0, 0.05) is 45.7 Å². The summed E-state index contributed by atoms with van der Waals surface area (Å²) < 4.78 is 0.759. The van der Waals surface area contributed by atoms with E-state index in [9.17, 15) is 9.90 Å². The normalized spacial score (nSPS) is 19.3. The topological polar surface area (TPSA) is 40.5 Å². The Bertz CT molecular complexity index is 502. The molecule has 5 heteroatoms. The van der Waals surface area contributed by atoms with Crippen LogP contribution in [0.1, 0.15) is 18.9 Å². The molecule has 1 N–H and O–H groups in total. The van der Waals surface area contributed by atoms with Gasteiger partial charge in [0.25, 0.3) is 0 Å². The molecule has 0 aromatic heterocycles. The van der Waals surface area contributed by atoms with Gasteiger partial charge < -0.3 is 10.0 Å². The van der Waals surface area contributed by atoms with Gasteiger partial charge >= 0.3 is 0 Å². The number of nitrogens with zero attached hydrogens (tertiary/aromatic N) is 1. The molecule has 1 aromatic rings. The van der Waals surface area contributed by atoms with E-state index in [0.717, 1.165) is 15.7 Å². The Labute approximate surface area is 140 Å². The van der Waals surface area contributed by atoms with E-state index < -0.39 is 0 Å². The number of benzene rings is 1. The molecule has 0 saturated carbocycles. The molecule has 1 aromatic carbocycles. The van der Waals surface area contributed by atoms with Crippen molar-refractivity contribution in [2.45, 2.75) is 13.3 Å². The largest absolute Gasteiger partial charge is 0.508 e. The summed E-state index contributed by atoms with van der Waals surface area (Å²) in [6, 6.07) is 4.99. The van der Waals surface area contributed by atoms with Gasteiger partial charge in [-0.25, -0.2) is 6.08 Å². The number of rotatable bonds is 1. The van der Waals surface area contributed by atoms with Crippen LogP contribution in [0.2, 0.25) is 0 Å². The summed E-state index contributed by atoms with van der Waals surface area (Å²) in [6.07, 6.45) is 3.87. The van der Waals surface area contributed by atoms with Crippen molar-refractivity contribution in [2.24, 2.45) is 5.92 Å². The summed E-state index contributed by atoms with van der Waals surface area (Å²) in [5.41, 5.74) is 1.63. The maximum Gasteiger partial charge on any atom is 0.225 e. The van der Waals surface area contributed by atoms with Gasteiger partial charge in [0.1, 0.15) is 5.75 Å². The van der Waals surface area contributed by atoms with Crippen LogP contribution in [-0.4, -0.2) is 23.0 Å². The fraction of sp³-hybridized carbons (Fsp3) is 0.308. The molecule has 2 rings (SSSR count). The number of phenolic OH excluding ortho intramolecular Hbond substituents is 1. The Kier molecular flexibility index (Phi) is 5.56. The van der Waals surface area contributed by atoms with Crippen LogP contribution in [0.4, 0.5) is 0 Å². The molecule has 0 saturated heterocycles. The number of phenols is 1. The van der Waals surface area contributed by atoms with Gasteiger partial charge in [0.15, 0.2) is 0 Å². The zero-order valence-corrected chi connectivity index (χ0v) is 14.7. The number of hydrogen-bond donors (Lipinski definition) is 1. The first-order valence-electron chi connectivity index (χ1n) is 5.38. The zero-order chi connectivity index (χ0) is 12.6. The molecule has 0 aliphatic carbocycles. The van der Waals surface area contributed by atoms with Crippen molar-refractivity contribution >= 4 is 27.5 Å². The van der Waals surface area contributed by atoms with Gasteiger partial charge in [-0.1, -0.05) is 33.7 Å². The molecule has 1 heterocycles. The molecule has 1 aliphatic rings. The van der Waals surface area contributed by atoms with E-state index in [1.807, 2.05) is 6.92 Å².